The summed E-state index contributed by atoms with van der Waals surface area (Å²) in [6.07, 6.45) is 2.73. The number of hydrazone groups is 1. The highest BCUT2D eigenvalue weighted by molar-refractivity contribution is 9.10. The van der Waals surface area contributed by atoms with Crippen LogP contribution >= 0.6 is 15.9 Å². The molecule has 1 saturated heterocycles. The van der Waals surface area contributed by atoms with Crippen molar-refractivity contribution in [3.63, 3.8) is 0 Å². The number of nitrogens with one attached hydrogen (secondary N) is 1. The van der Waals surface area contributed by atoms with Gasteiger partial charge in [0.25, 0.3) is 5.91 Å². The Morgan fingerprint density at radius 2 is 1.80 bits per heavy atom. The summed E-state index contributed by atoms with van der Waals surface area (Å²) in [6.45, 7) is 1.74. The van der Waals surface area contributed by atoms with Gasteiger partial charge >= 0.3 is 6.03 Å². The van der Waals surface area contributed by atoms with E-state index in [1.54, 1.807) is 6.92 Å². The molecule has 1 fully saturated rings. The fraction of sp³-hybridized carbons (Fsp3) is 0.211. The summed E-state index contributed by atoms with van der Waals surface area (Å²) < 4.78 is 0.952. The first-order valence-corrected chi connectivity index (χ1v) is 8.77. The van der Waals surface area contributed by atoms with E-state index in [0.29, 0.717) is 12.8 Å². The molecule has 1 N–H and O–H groups in total. The summed E-state index contributed by atoms with van der Waals surface area (Å²) >= 11 is 3.36. The van der Waals surface area contributed by atoms with E-state index < -0.39 is 11.6 Å². The van der Waals surface area contributed by atoms with Gasteiger partial charge in [0.1, 0.15) is 5.54 Å². The van der Waals surface area contributed by atoms with Crippen molar-refractivity contribution in [1.29, 1.82) is 0 Å². The van der Waals surface area contributed by atoms with E-state index in [-0.39, 0.29) is 5.91 Å². The molecule has 0 saturated carbocycles. The lowest BCUT2D eigenvalue weighted by atomic mass is 9.93. The molecule has 6 heteroatoms. The van der Waals surface area contributed by atoms with Gasteiger partial charge in [-0.25, -0.2) is 4.79 Å². The minimum absolute atomic E-state index is 0.332. The van der Waals surface area contributed by atoms with Crippen LogP contribution in [0, 0.1) is 0 Å². The average Bonchev–Trinajstić information content (AvgIpc) is 2.83. The van der Waals surface area contributed by atoms with Gasteiger partial charge in [0.15, 0.2) is 0 Å². The van der Waals surface area contributed by atoms with Crippen molar-refractivity contribution in [3.8, 4) is 0 Å². The van der Waals surface area contributed by atoms with Gasteiger partial charge in [-0.15, -0.1) is 5.01 Å². The zero-order chi connectivity index (χ0) is 17.9. The van der Waals surface area contributed by atoms with Crippen LogP contribution in [0.2, 0.25) is 0 Å². The predicted octanol–water partition coefficient (Wildman–Crippen LogP) is 3.73. The zero-order valence-electron chi connectivity index (χ0n) is 13.8. The number of nitrogens with zero attached hydrogens (tertiary/aromatic N) is 2. The molecule has 0 spiro atoms. The van der Waals surface area contributed by atoms with E-state index in [9.17, 15) is 9.59 Å². The van der Waals surface area contributed by atoms with Crippen molar-refractivity contribution in [2.75, 3.05) is 0 Å². The highest BCUT2D eigenvalue weighted by atomic mass is 79.9. The van der Waals surface area contributed by atoms with Crippen molar-refractivity contribution in [1.82, 2.24) is 10.3 Å². The van der Waals surface area contributed by atoms with Gasteiger partial charge in [-0.1, -0.05) is 58.4 Å². The maximum atomic E-state index is 12.7. The number of halogens is 1. The van der Waals surface area contributed by atoms with E-state index in [1.807, 2.05) is 54.6 Å². The molecule has 5 nitrogen and oxygen atoms in total. The van der Waals surface area contributed by atoms with Gasteiger partial charge in [0.2, 0.25) is 0 Å². The average molecular weight is 400 g/mol. The van der Waals surface area contributed by atoms with Crippen LogP contribution in [0.25, 0.3) is 0 Å². The van der Waals surface area contributed by atoms with Crippen LogP contribution in [0.4, 0.5) is 4.79 Å². The van der Waals surface area contributed by atoms with Gasteiger partial charge in [-0.3, -0.25) is 4.79 Å². The largest absolute Gasteiger partial charge is 0.346 e. The number of amides is 3. The molecule has 128 valence electrons. The molecule has 3 rings (SSSR count). The number of carbonyl (C=O) groups excluding carboxylic acids is 2. The minimum Gasteiger partial charge on any atom is -0.322 e. The van der Waals surface area contributed by atoms with Crippen molar-refractivity contribution in [3.05, 3.63) is 70.2 Å². The second-order valence-corrected chi connectivity index (χ2v) is 7.08. The predicted molar refractivity (Wildman–Crippen MR) is 100 cm³/mol. The number of hydrogen-bond donors (Lipinski definition) is 1. The minimum atomic E-state index is -0.940. The normalized spacial score (nSPS) is 20.3. The molecule has 3 amide bonds. The van der Waals surface area contributed by atoms with Crippen LogP contribution in [0.5, 0.6) is 0 Å². The van der Waals surface area contributed by atoms with Gasteiger partial charge in [-0.05, 0) is 43.0 Å². The lowest BCUT2D eigenvalue weighted by Crippen LogP contribution is -2.44. The zero-order valence-corrected chi connectivity index (χ0v) is 15.4. The second kappa shape index (κ2) is 7.19. The summed E-state index contributed by atoms with van der Waals surface area (Å²) in [5.41, 5.74) is 0.994. The Hall–Kier alpha value is -2.47. The van der Waals surface area contributed by atoms with Crippen molar-refractivity contribution >= 4 is 34.1 Å². The van der Waals surface area contributed by atoms with E-state index in [0.717, 1.165) is 20.6 Å². The smallest absolute Gasteiger partial charge is 0.322 e. The van der Waals surface area contributed by atoms with Gasteiger partial charge in [0, 0.05) is 4.47 Å². The molecule has 1 aliphatic heterocycles. The van der Waals surface area contributed by atoms with Crippen LogP contribution in [-0.4, -0.2) is 28.7 Å². The fourth-order valence-electron chi connectivity index (χ4n) is 2.65. The summed E-state index contributed by atoms with van der Waals surface area (Å²) in [5, 5.41) is 7.74. The van der Waals surface area contributed by atoms with Crippen LogP contribution in [0.15, 0.2) is 64.2 Å². The molecule has 1 aliphatic rings. The molecule has 0 bridgehead atoms. The quantitative estimate of drug-likeness (QED) is 0.614. The molecular weight excluding hydrogens is 382 g/mol. The maximum absolute atomic E-state index is 12.7. The number of urea groups is 1. The molecule has 1 heterocycles. The van der Waals surface area contributed by atoms with Crippen LogP contribution in [0.1, 0.15) is 24.5 Å². The SMILES string of the molecule is C[C@@]1(CCc2ccccc2)NC(=O)N(/N=C\c2ccc(Br)cc2)C1=O. The van der Waals surface area contributed by atoms with E-state index in [2.05, 4.69) is 26.3 Å². The second-order valence-electron chi connectivity index (χ2n) is 6.16. The molecular formula is C19H18BrN3O2. The Morgan fingerprint density at radius 1 is 1.12 bits per heavy atom. The van der Waals surface area contributed by atoms with Gasteiger partial charge in [0.05, 0.1) is 6.21 Å². The molecule has 1 atom stereocenters. The molecule has 2 aromatic rings. The number of imide groups is 1. The lowest BCUT2D eigenvalue weighted by Gasteiger charge is -2.20. The number of carbonyl (C=O) groups is 2. The first kappa shape index (κ1) is 17.4. The molecule has 2 aromatic carbocycles. The monoisotopic (exact) mass is 399 g/mol. The van der Waals surface area contributed by atoms with Crippen molar-refractivity contribution in [2.45, 2.75) is 25.3 Å². The number of aryl methyl sites for hydroxylation is 1. The summed E-state index contributed by atoms with van der Waals surface area (Å²) in [5.74, 6) is -0.332. The molecule has 0 aliphatic carbocycles. The van der Waals surface area contributed by atoms with E-state index in [1.165, 1.54) is 6.21 Å². The van der Waals surface area contributed by atoms with Gasteiger partial charge in [-0.2, -0.15) is 5.10 Å². The fourth-order valence-corrected chi connectivity index (χ4v) is 2.92. The number of hydrogen-bond acceptors (Lipinski definition) is 3. The van der Waals surface area contributed by atoms with Gasteiger partial charge < -0.3 is 5.32 Å². The van der Waals surface area contributed by atoms with E-state index >= 15 is 0 Å². The summed E-state index contributed by atoms with van der Waals surface area (Å²) in [7, 11) is 0. The first-order chi connectivity index (χ1) is 12.0. The van der Waals surface area contributed by atoms with Crippen LogP contribution in [-0.2, 0) is 11.2 Å². The highest BCUT2D eigenvalue weighted by Gasteiger charge is 2.47. The molecule has 0 aromatic heterocycles. The molecule has 0 unspecified atom stereocenters. The summed E-state index contributed by atoms with van der Waals surface area (Å²) in [4.78, 5) is 24.8. The third-order valence-electron chi connectivity index (χ3n) is 4.19. The lowest BCUT2D eigenvalue weighted by molar-refractivity contribution is -0.130. The Balaban J connectivity index is 1.69. The standard InChI is InChI=1S/C19H18BrN3O2/c1-19(12-11-14-5-3-2-4-6-14)17(24)23(18(25)22-19)21-13-15-7-9-16(20)10-8-15/h2-10,13H,11-12H2,1H3,(H,22,25)/b21-13-/t19-/m0/s1. The van der Waals surface area contributed by atoms with Crippen molar-refractivity contribution in [2.24, 2.45) is 5.10 Å². The Bertz CT molecular complexity index is 805. The molecule has 25 heavy (non-hydrogen) atoms. The molecule has 0 radical (unpaired) electrons. The maximum Gasteiger partial charge on any atom is 0.346 e. The Labute approximate surface area is 154 Å². The third kappa shape index (κ3) is 3.96. The van der Waals surface area contributed by atoms with Crippen molar-refractivity contribution < 1.29 is 9.59 Å². The number of benzene rings is 2. The topological polar surface area (TPSA) is 61.8 Å². The third-order valence-corrected chi connectivity index (χ3v) is 4.72. The Morgan fingerprint density at radius 3 is 2.48 bits per heavy atom. The first-order valence-electron chi connectivity index (χ1n) is 7.98. The highest BCUT2D eigenvalue weighted by Crippen LogP contribution is 2.23. The number of rotatable bonds is 5. The Kier molecular flexibility index (Phi) is 4.99. The van der Waals surface area contributed by atoms with E-state index in [4.69, 9.17) is 0 Å². The summed E-state index contributed by atoms with van der Waals surface area (Å²) in [6, 6.07) is 16.8. The van der Waals surface area contributed by atoms with Crippen LogP contribution in [0.3, 0.4) is 0 Å². The van der Waals surface area contributed by atoms with Crippen LogP contribution < -0.4 is 5.32 Å².